The third-order valence-electron chi connectivity index (χ3n) is 2.17. The van der Waals surface area contributed by atoms with Crippen LogP contribution in [0.4, 0.5) is 0 Å². The van der Waals surface area contributed by atoms with E-state index in [1.165, 1.54) is 16.9 Å². The van der Waals surface area contributed by atoms with E-state index in [4.69, 9.17) is 0 Å². The van der Waals surface area contributed by atoms with E-state index in [-0.39, 0.29) is 0 Å². The summed E-state index contributed by atoms with van der Waals surface area (Å²) in [5.74, 6) is 0. The minimum Gasteiger partial charge on any atom is -0.242 e. The minimum atomic E-state index is 1.12. The standard InChI is InChI=1S/C12H12NS/c1-2-5-11(6-3-1)7-4-8-12-9-13-10-14-12/h1-3,5-6,9H,4,7-8H2. The summed E-state index contributed by atoms with van der Waals surface area (Å²) >= 11 is 1.62. The molecule has 0 atom stereocenters. The predicted octanol–water partition coefficient (Wildman–Crippen LogP) is 3.12. The Bertz CT molecular complexity index is 353. The van der Waals surface area contributed by atoms with Gasteiger partial charge in [0, 0.05) is 11.1 Å². The van der Waals surface area contributed by atoms with Gasteiger partial charge in [-0.1, -0.05) is 30.3 Å². The molecule has 0 amide bonds. The minimum absolute atomic E-state index is 1.12. The zero-order chi connectivity index (χ0) is 9.64. The van der Waals surface area contributed by atoms with Crippen molar-refractivity contribution in [3.05, 3.63) is 52.5 Å². The molecule has 1 heterocycles. The average molecular weight is 202 g/mol. The van der Waals surface area contributed by atoms with Crippen molar-refractivity contribution in [1.29, 1.82) is 0 Å². The molecule has 1 radical (unpaired) electrons. The van der Waals surface area contributed by atoms with Gasteiger partial charge in [-0.05, 0) is 24.8 Å². The molecule has 0 aliphatic rings. The lowest BCUT2D eigenvalue weighted by Crippen LogP contribution is -1.87. The zero-order valence-corrected chi connectivity index (χ0v) is 8.76. The molecule has 0 unspecified atom stereocenters. The van der Waals surface area contributed by atoms with Crippen molar-refractivity contribution in [2.75, 3.05) is 0 Å². The van der Waals surface area contributed by atoms with Gasteiger partial charge in [0.15, 0.2) is 5.51 Å². The van der Waals surface area contributed by atoms with Crippen molar-refractivity contribution in [3.8, 4) is 0 Å². The van der Waals surface area contributed by atoms with Crippen molar-refractivity contribution in [2.45, 2.75) is 19.3 Å². The Balaban J connectivity index is 1.79. The monoisotopic (exact) mass is 202 g/mol. The fourth-order valence-corrected chi connectivity index (χ4v) is 2.01. The smallest absolute Gasteiger partial charge is 0.152 e. The van der Waals surface area contributed by atoms with Gasteiger partial charge in [0.05, 0.1) is 0 Å². The molecule has 2 aromatic rings. The highest BCUT2D eigenvalue weighted by molar-refractivity contribution is 7.09. The van der Waals surface area contributed by atoms with Gasteiger partial charge in [-0.15, -0.1) is 11.3 Å². The molecule has 0 bridgehead atoms. The molecule has 0 spiro atoms. The maximum absolute atomic E-state index is 3.94. The summed E-state index contributed by atoms with van der Waals surface area (Å²) in [5.41, 5.74) is 4.29. The fraction of sp³-hybridized carbons (Fsp3) is 0.250. The molecular formula is C12H12NS. The average Bonchev–Trinajstić information content (AvgIpc) is 2.72. The van der Waals surface area contributed by atoms with E-state index in [0.717, 1.165) is 12.8 Å². The molecule has 0 saturated heterocycles. The lowest BCUT2D eigenvalue weighted by atomic mass is 10.1. The summed E-state index contributed by atoms with van der Waals surface area (Å²) in [6.45, 7) is 0. The number of aryl methyl sites for hydroxylation is 2. The van der Waals surface area contributed by atoms with Crippen LogP contribution in [-0.2, 0) is 12.8 Å². The van der Waals surface area contributed by atoms with Gasteiger partial charge in [0.1, 0.15) is 0 Å². The van der Waals surface area contributed by atoms with Crippen molar-refractivity contribution in [3.63, 3.8) is 0 Å². The zero-order valence-electron chi connectivity index (χ0n) is 7.94. The highest BCUT2D eigenvalue weighted by Gasteiger charge is 1.96. The molecule has 1 aromatic carbocycles. The maximum atomic E-state index is 3.94. The Morgan fingerprint density at radius 2 is 2.00 bits per heavy atom. The van der Waals surface area contributed by atoms with Crippen molar-refractivity contribution < 1.29 is 0 Å². The summed E-state index contributed by atoms with van der Waals surface area (Å²) in [4.78, 5) is 5.28. The number of benzene rings is 1. The third kappa shape index (κ3) is 2.67. The second-order valence-corrected chi connectivity index (χ2v) is 4.17. The summed E-state index contributed by atoms with van der Waals surface area (Å²) in [5, 5.41) is 0. The highest BCUT2D eigenvalue weighted by atomic mass is 32.1. The van der Waals surface area contributed by atoms with Crippen LogP contribution in [0, 0.1) is 5.51 Å². The first-order valence-electron chi connectivity index (χ1n) is 4.80. The normalized spacial score (nSPS) is 10.3. The lowest BCUT2D eigenvalue weighted by Gasteiger charge is -1.98. The number of thiazole rings is 1. The van der Waals surface area contributed by atoms with Gasteiger partial charge in [-0.3, -0.25) is 0 Å². The van der Waals surface area contributed by atoms with Gasteiger partial charge < -0.3 is 0 Å². The first-order chi connectivity index (χ1) is 6.95. The summed E-state index contributed by atoms with van der Waals surface area (Å²) in [7, 11) is 0. The van der Waals surface area contributed by atoms with Crippen molar-refractivity contribution >= 4 is 11.3 Å². The second kappa shape index (κ2) is 4.91. The third-order valence-corrected chi connectivity index (χ3v) is 2.94. The van der Waals surface area contributed by atoms with Crippen LogP contribution < -0.4 is 0 Å². The fourth-order valence-electron chi connectivity index (χ4n) is 1.44. The van der Waals surface area contributed by atoms with E-state index in [2.05, 4.69) is 40.8 Å². The van der Waals surface area contributed by atoms with Crippen molar-refractivity contribution in [2.24, 2.45) is 0 Å². The molecule has 2 heteroatoms. The van der Waals surface area contributed by atoms with Gasteiger partial charge in [0.25, 0.3) is 0 Å². The van der Waals surface area contributed by atoms with Gasteiger partial charge >= 0.3 is 0 Å². The molecule has 0 fully saturated rings. The van der Waals surface area contributed by atoms with E-state index in [9.17, 15) is 0 Å². The largest absolute Gasteiger partial charge is 0.242 e. The first kappa shape index (κ1) is 9.41. The van der Waals surface area contributed by atoms with Crippen molar-refractivity contribution in [1.82, 2.24) is 4.98 Å². The van der Waals surface area contributed by atoms with Crippen LogP contribution >= 0.6 is 11.3 Å². The summed E-state index contributed by atoms with van der Waals surface area (Å²) in [6, 6.07) is 10.6. The Morgan fingerprint density at radius 1 is 1.14 bits per heavy atom. The van der Waals surface area contributed by atoms with Gasteiger partial charge in [-0.2, -0.15) is 0 Å². The second-order valence-electron chi connectivity index (χ2n) is 3.26. The van der Waals surface area contributed by atoms with E-state index in [1.54, 1.807) is 11.3 Å². The molecular weight excluding hydrogens is 190 g/mol. The summed E-state index contributed by atoms with van der Waals surface area (Å²) < 4.78 is 0. The number of hydrogen-bond acceptors (Lipinski definition) is 2. The first-order valence-corrected chi connectivity index (χ1v) is 5.61. The number of aromatic nitrogens is 1. The molecule has 0 N–H and O–H groups in total. The predicted molar refractivity (Wildman–Crippen MR) is 59.4 cm³/mol. The number of nitrogens with zero attached hydrogens (tertiary/aromatic N) is 1. The molecule has 1 aromatic heterocycles. The lowest BCUT2D eigenvalue weighted by molar-refractivity contribution is 0.829. The van der Waals surface area contributed by atoms with Gasteiger partial charge in [-0.25, -0.2) is 4.98 Å². The number of hydrogen-bond donors (Lipinski definition) is 0. The van der Waals surface area contributed by atoms with E-state index in [1.807, 2.05) is 6.20 Å². The SMILES string of the molecule is [c]1ncc(CCCc2ccccc2)s1. The van der Waals surface area contributed by atoms with E-state index in [0.29, 0.717) is 0 Å². The molecule has 1 nitrogen and oxygen atoms in total. The van der Waals surface area contributed by atoms with Gasteiger partial charge in [0.2, 0.25) is 0 Å². The molecule has 0 aliphatic heterocycles. The Kier molecular flexibility index (Phi) is 3.30. The van der Waals surface area contributed by atoms with Crippen LogP contribution in [0.2, 0.25) is 0 Å². The van der Waals surface area contributed by atoms with Crippen LogP contribution in [0.15, 0.2) is 36.5 Å². The molecule has 2 rings (SSSR count). The maximum Gasteiger partial charge on any atom is 0.152 e. The van der Waals surface area contributed by atoms with Crippen LogP contribution in [0.25, 0.3) is 0 Å². The van der Waals surface area contributed by atoms with E-state index >= 15 is 0 Å². The Morgan fingerprint density at radius 3 is 2.71 bits per heavy atom. The number of rotatable bonds is 4. The Hall–Kier alpha value is -1.15. The van der Waals surface area contributed by atoms with E-state index < -0.39 is 0 Å². The molecule has 0 saturated carbocycles. The molecule has 71 valence electrons. The van der Waals surface area contributed by atoms with Crippen LogP contribution in [0.3, 0.4) is 0 Å². The quantitative estimate of drug-likeness (QED) is 0.742. The topological polar surface area (TPSA) is 12.9 Å². The summed E-state index contributed by atoms with van der Waals surface area (Å²) in [6.07, 6.45) is 5.38. The van der Waals surface area contributed by atoms with Crippen LogP contribution in [0.1, 0.15) is 16.9 Å². The molecule has 0 aliphatic carbocycles. The van der Waals surface area contributed by atoms with Crippen LogP contribution in [0.5, 0.6) is 0 Å². The Labute approximate surface area is 88.4 Å². The highest BCUT2D eigenvalue weighted by Crippen LogP contribution is 2.10. The van der Waals surface area contributed by atoms with Crippen LogP contribution in [-0.4, -0.2) is 4.98 Å². The molecule has 14 heavy (non-hydrogen) atoms.